The van der Waals surface area contributed by atoms with Gasteiger partial charge in [0.05, 0.1) is 13.2 Å². The standard InChI is InChI=1S/C35H35N7O6/c1-23(33(44)41-19-17-40(18-20-41)30(24-11-5-3-6-12-24)25-13-7-4-8-14-25)42-31(35(46)47-2)29(38-39-42)34(45)48-22-36-32(43)28-21-26-15-9-10-16-27(26)37-28/h3-16,21,23,30,37H,17-20,22H2,1-2H3,(H,36,43)/t23-/m0/s1. The average molecular weight is 650 g/mol. The summed E-state index contributed by atoms with van der Waals surface area (Å²) in [6, 6.07) is 28.6. The van der Waals surface area contributed by atoms with E-state index in [2.05, 4.69) is 49.8 Å². The molecule has 2 aromatic heterocycles. The Bertz CT molecular complexity index is 1840. The number of nitrogens with zero attached hydrogens (tertiary/aromatic N) is 5. The molecule has 1 atom stereocenters. The lowest BCUT2D eigenvalue weighted by molar-refractivity contribution is -0.136. The topological polar surface area (TPSA) is 152 Å². The molecule has 0 radical (unpaired) electrons. The van der Waals surface area contributed by atoms with Crippen LogP contribution in [0.2, 0.25) is 0 Å². The number of hydrogen-bond donors (Lipinski definition) is 2. The van der Waals surface area contributed by atoms with E-state index in [9.17, 15) is 19.2 Å². The van der Waals surface area contributed by atoms with Crippen LogP contribution in [-0.2, 0) is 14.3 Å². The third-order valence-corrected chi connectivity index (χ3v) is 8.42. The number of H-pyrrole nitrogens is 1. The largest absolute Gasteiger partial charge is 0.464 e. The van der Waals surface area contributed by atoms with E-state index in [0.717, 1.165) is 22.7 Å². The smallest absolute Gasteiger partial charge is 0.363 e. The lowest BCUT2D eigenvalue weighted by Crippen LogP contribution is -2.51. The van der Waals surface area contributed by atoms with Gasteiger partial charge in [-0.05, 0) is 30.2 Å². The van der Waals surface area contributed by atoms with Gasteiger partial charge in [-0.1, -0.05) is 84.1 Å². The van der Waals surface area contributed by atoms with Crippen molar-refractivity contribution in [2.75, 3.05) is 40.0 Å². The van der Waals surface area contributed by atoms with Crippen LogP contribution in [0.1, 0.15) is 61.6 Å². The molecule has 246 valence electrons. The van der Waals surface area contributed by atoms with Crippen LogP contribution >= 0.6 is 0 Å². The van der Waals surface area contributed by atoms with Crippen molar-refractivity contribution in [3.63, 3.8) is 0 Å². The number of fused-ring (bicyclic) bond motifs is 1. The number of benzene rings is 3. The van der Waals surface area contributed by atoms with E-state index in [0.29, 0.717) is 26.2 Å². The van der Waals surface area contributed by atoms with Crippen molar-refractivity contribution in [1.82, 2.24) is 35.1 Å². The third kappa shape index (κ3) is 6.67. The number of amides is 2. The summed E-state index contributed by atoms with van der Waals surface area (Å²) < 4.78 is 11.2. The van der Waals surface area contributed by atoms with Gasteiger partial charge in [-0.25, -0.2) is 14.3 Å². The number of methoxy groups -OCH3 is 1. The van der Waals surface area contributed by atoms with Gasteiger partial charge in [0, 0.05) is 37.1 Å². The minimum atomic E-state index is -1.01. The first-order chi connectivity index (χ1) is 23.4. The number of aromatic amines is 1. The predicted molar refractivity (Wildman–Crippen MR) is 175 cm³/mol. The Hall–Kier alpha value is -5.82. The Kier molecular flexibility index (Phi) is 9.57. The molecule has 1 fully saturated rings. The molecule has 0 aliphatic carbocycles. The van der Waals surface area contributed by atoms with Crippen LogP contribution in [-0.4, -0.2) is 93.6 Å². The van der Waals surface area contributed by atoms with Crippen molar-refractivity contribution in [2.24, 2.45) is 0 Å². The molecule has 0 bridgehead atoms. The van der Waals surface area contributed by atoms with Gasteiger partial charge in [0.1, 0.15) is 11.7 Å². The zero-order valence-electron chi connectivity index (χ0n) is 26.5. The fraction of sp³-hybridized carbons (Fsp3) is 0.257. The zero-order chi connectivity index (χ0) is 33.6. The van der Waals surface area contributed by atoms with Gasteiger partial charge in [0.25, 0.3) is 5.91 Å². The van der Waals surface area contributed by atoms with E-state index >= 15 is 0 Å². The molecule has 3 aromatic carbocycles. The van der Waals surface area contributed by atoms with Crippen LogP contribution in [0.3, 0.4) is 0 Å². The number of ether oxygens (including phenoxy) is 2. The second kappa shape index (κ2) is 14.3. The lowest BCUT2D eigenvalue weighted by atomic mass is 9.96. The quantitative estimate of drug-likeness (QED) is 0.171. The molecule has 1 saturated heterocycles. The third-order valence-electron chi connectivity index (χ3n) is 8.42. The molecule has 0 saturated carbocycles. The first kappa shape index (κ1) is 32.1. The van der Waals surface area contributed by atoms with Gasteiger partial charge in [-0.15, -0.1) is 5.10 Å². The summed E-state index contributed by atoms with van der Waals surface area (Å²) in [7, 11) is 1.15. The van der Waals surface area contributed by atoms with Crippen molar-refractivity contribution in [3.05, 3.63) is 119 Å². The summed E-state index contributed by atoms with van der Waals surface area (Å²) in [5, 5.41) is 11.2. The van der Waals surface area contributed by atoms with Crippen LogP contribution in [0.4, 0.5) is 0 Å². The predicted octanol–water partition coefficient (Wildman–Crippen LogP) is 3.59. The second-order valence-electron chi connectivity index (χ2n) is 11.3. The second-order valence-corrected chi connectivity index (χ2v) is 11.3. The molecule has 2 N–H and O–H groups in total. The Morgan fingerprint density at radius 2 is 1.48 bits per heavy atom. The number of hydrogen-bond acceptors (Lipinski definition) is 9. The van der Waals surface area contributed by atoms with Crippen LogP contribution in [0.25, 0.3) is 10.9 Å². The molecule has 6 rings (SSSR count). The first-order valence-electron chi connectivity index (χ1n) is 15.5. The molecule has 13 nitrogen and oxygen atoms in total. The molecule has 1 aliphatic heterocycles. The van der Waals surface area contributed by atoms with Crippen LogP contribution < -0.4 is 5.32 Å². The number of nitrogens with one attached hydrogen (secondary N) is 2. The van der Waals surface area contributed by atoms with Crippen molar-refractivity contribution >= 4 is 34.7 Å². The number of piperazine rings is 1. The van der Waals surface area contributed by atoms with Gasteiger partial charge in [0.15, 0.2) is 12.4 Å². The highest BCUT2D eigenvalue weighted by Crippen LogP contribution is 2.30. The normalized spacial score (nSPS) is 14.1. The van der Waals surface area contributed by atoms with Gasteiger partial charge >= 0.3 is 11.9 Å². The van der Waals surface area contributed by atoms with Gasteiger partial charge < -0.3 is 24.7 Å². The number of aromatic nitrogens is 4. The number of carbonyl (C=O) groups excluding carboxylic acids is 4. The van der Waals surface area contributed by atoms with Gasteiger partial charge in [-0.2, -0.15) is 0 Å². The van der Waals surface area contributed by atoms with Gasteiger partial charge in [-0.3, -0.25) is 14.5 Å². The van der Waals surface area contributed by atoms with E-state index in [1.165, 1.54) is 11.1 Å². The number of carbonyl (C=O) groups is 4. The Balaban J connectivity index is 1.10. The molecular formula is C35H35N7O6. The molecule has 48 heavy (non-hydrogen) atoms. The first-order valence-corrected chi connectivity index (χ1v) is 15.5. The minimum Gasteiger partial charge on any atom is -0.464 e. The fourth-order valence-corrected chi connectivity index (χ4v) is 5.97. The highest BCUT2D eigenvalue weighted by atomic mass is 16.5. The van der Waals surface area contributed by atoms with Crippen LogP contribution in [0.5, 0.6) is 0 Å². The van der Waals surface area contributed by atoms with Gasteiger partial charge in [0.2, 0.25) is 11.6 Å². The van der Waals surface area contributed by atoms with E-state index in [1.807, 2.05) is 60.7 Å². The molecule has 3 heterocycles. The van der Waals surface area contributed by atoms with E-state index in [4.69, 9.17) is 9.47 Å². The summed E-state index contributed by atoms with van der Waals surface area (Å²) in [5.74, 6) is -2.70. The zero-order valence-corrected chi connectivity index (χ0v) is 26.5. The van der Waals surface area contributed by atoms with E-state index in [-0.39, 0.29) is 23.3 Å². The molecule has 13 heteroatoms. The van der Waals surface area contributed by atoms with E-state index < -0.39 is 36.3 Å². The van der Waals surface area contributed by atoms with E-state index in [1.54, 1.807) is 17.9 Å². The van der Waals surface area contributed by atoms with Crippen molar-refractivity contribution in [1.29, 1.82) is 0 Å². The molecular weight excluding hydrogens is 614 g/mol. The monoisotopic (exact) mass is 649 g/mol. The fourth-order valence-electron chi connectivity index (χ4n) is 5.97. The maximum absolute atomic E-state index is 13.7. The van der Waals surface area contributed by atoms with Crippen LogP contribution in [0.15, 0.2) is 91.0 Å². The number of para-hydroxylation sites is 1. The Morgan fingerprint density at radius 3 is 2.10 bits per heavy atom. The molecule has 2 amide bonds. The molecule has 0 spiro atoms. The lowest BCUT2D eigenvalue weighted by Gasteiger charge is -2.40. The molecule has 1 aliphatic rings. The summed E-state index contributed by atoms with van der Waals surface area (Å²) in [4.78, 5) is 59.2. The molecule has 5 aromatic rings. The molecule has 0 unspecified atom stereocenters. The van der Waals surface area contributed by atoms with Crippen molar-refractivity contribution in [3.8, 4) is 0 Å². The minimum absolute atomic E-state index is 0.0316. The summed E-state index contributed by atoms with van der Waals surface area (Å²) >= 11 is 0. The Morgan fingerprint density at radius 1 is 0.854 bits per heavy atom. The van der Waals surface area contributed by atoms with Crippen LogP contribution in [0, 0.1) is 0 Å². The maximum atomic E-state index is 13.7. The highest BCUT2D eigenvalue weighted by Gasteiger charge is 2.35. The highest BCUT2D eigenvalue weighted by molar-refractivity contribution is 6.01. The maximum Gasteiger partial charge on any atom is 0.363 e. The summed E-state index contributed by atoms with van der Waals surface area (Å²) in [6.45, 7) is 3.24. The summed E-state index contributed by atoms with van der Waals surface area (Å²) in [6.07, 6.45) is 0. The summed E-state index contributed by atoms with van der Waals surface area (Å²) in [5.41, 5.74) is 2.65. The number of esters is 2. The Labute approximate surface area is 276 Å². The SMILES string of the molecule is COC(=O)c1c(C(=O)OCNC(=O)c2cc3ccccc3[nH]2)nnn1[C@@H](C)C(=O)N1CCN(C(c2ccccc2)c2ccccc2)CC1. The number of rotatable bonds is 10. The van der Waals surface area contributed by atoms with Crippen molar-refractivity contribution < 1.29 is 28.7 Å². The van der Waals surface area contributed by atoms with Crippen molar-refractivity contribution in [2.45, 2.75) is 19.0 Å². The average Bonchev–Trinajstić information content (AvgIpc) is 3.78.